The molecule has 0 aliphatic carbocycles. The molecule has 0 saturated carbocycles. The quantitative estimate of drug-likeness (QED) is 0.655. The van der Waals surface area contributed by atoms with E-state index in [4.69, 9.17) is 21.1 Å². The Morgan fingerprint density at radius 1 is 1.40 bits per heavy atom. The van der Waals surface area contributed by atoms with Gasteiger partial charge in [-0.3, -0.25) is 0 Å². The van der Waals surface area contributed by atoms with E-state index in [-0.39, 0.29) is 0 Å². The molecule has 3 nitrogen and oxygen atoms in total. The summed E-state index contributed by atoms with van der Waals surface area (Å²) in [5.74, 6) is 0.598. The number of piperidine rings is 1. The van der Waals surface area contributed by atoms with Crippen molar-refractivity contribution in [2.45, 2.75) is 32.0 Å². The number of halogens is 1. The van der Waals surface area contributed by atoms with Crippen molar-refractivity contribution in [1.29, 1.82) is 0 Å². The van der Waals surface area contributed by atoms with E-state index < -0.39 is 0 Å². The maximum atomic E-state index is 5.62. The fourth-order valence-corrected chi connectivity index (χ4v) is 2.00. The van der Waals surface area contributed by atoms with E-state index >= 15 is 0 Å². The number of methoxy groups -OCH3 is 1. The summed E-state index contributed by atoms with van der Waals surface area (Å²) < 4.78 is 10.9. The van der Waals surface area contributed by atoms with Gasteiger partial charge in [-0.2, -0.15) is 0 Å². The molecule has 0 aromatic heterocycles. The standard InChI is InChI=1S/C11H22ClNO2/c1-10(14-2)9-13-6-3-11(4-7-13)15-8-5-12/h10-11H,3-9H2,1-2H3. The fraction of sp³-hybridized carbons (Fsp3) is 1.00. The highest BCUT2D eigenvalue weighted by Gasteiger charge is 2.20. The summed E-state index contributed by atoms with van der Waals surface area (Å²) in [4.78, 5) is 2.44. The predicted octanol–water partition coefficient (Wildman–Crippen LogP) is 1.74. The average Bonchev–Trinajstić information content (AvgIpc) is 2.28. The van der Waals surface area contributed by atoms with Crippen molar-refractivity contribution in [3.63, 3.8) is 0 Å². The molecule has 0 radical (unpaired) electrons. The lowest BCUT2D eigenvalue weighted by molar-refractivity contribution is 0.000679. The lowest BCUT2D eigenvalue weighted by Gasteiger charge is -2.33. The van der Waals surface area contributed by atoms with Gasteiger partial charge < -0.3 is 14.4 Å². The first-order chi connectivity index (χ1) is 7.26. The average molecular weight is 236 g/mol. The maximum absolute atomic E-state index is 5.62. The second-order valence-electron chi connectivity index (χ2n) is 4.11. The summed E-state index contributed by atoms with van der Waals surface area (Å²) in [6.45, 7) is 6.04. The van der Waals surface area contributed by atoms with Gasteiger partial charge in [-0.25, -0.2) is 0 Å². The molecule has 1 unspecified atom stereocenters. The number of nitrogens with zero attached hydrogens (tertiary/aromatic N) is 1. The summed E-state index contributed by atoms with van der Waals surface area (Å²) in [5.41, 5.74) is 0. The number of alkyl halides is 1. The minimum atomic E-state index is 0.324. The summed E-state index contributed by atoms with van der Waals surface area (Å²) in [5, 5.41) is 0. The Labute approximate surface area is 97.7 Å². The van der Waals surface area contributed by atoms with E-state index in [0.717, 1.165) is 32.5 Å². The lowest BCUT2D eigenvalue weighted by Crippen LogP contribution is -2.41. The highest BCUT2D eigenvalue weighted by molar-refractivity contribution is 6.17. The van der Waals surface area contributed by atoms with Crippen LogP contribution >= 0.6 is 11.6 Å². The largest absolute Gasteiger partial charge is 0.380 e. The summed E-state index contributed by atoms with van der Waals surface area (Å²) in [6.07, 6.45) is 2.98. The van der Waals surface area contributed by atoms with Gasteiger partial charge in [0.1, 0.15) is 0 Å². The van der Waals surface area contributed by atoms with Crippen LogP contribution in [0.5, 0.6) is 0 Å². The number of rotatable bonds is 6. The SMILES string of the molecule is COC(C)CN1CCC(OCCCl)CC1. The zero-order valence-electron chi connectivity index (χ0n) is 9.75. The molecule has 0 aromatic carbocycles. The van der Waals surface area contributed by atoms with Gasteiger partial charge in [-0.05, 0) is 19.8 Å². The Hall–Kier alpha value is 0.170. The Morgan fingerprint density at radius 3 is 2.60 bits per heavy atom. The molecule has 0 bridgehead atoms. The third-order valence-corrected chi connectivity index (χ3v) is 3.04. The van der Waals surface area contributed by atoms with Crippen LogP contribution in [0.3, 0.4) is 0 Å². The van der Waals surface area contributed by atoms with Crippen molar-refractivity contribution in [1.82, 2.24) is 4.90 Å². The van der Waals surface area contributed by atoms with Gasteiger partial charge in [0.05, 0.1) is 18.8 Å². The molecular weight excluding hydrogens is 214 g/mol. The molecule has 1 aliphatic heterocycles. The van der Waals surface area contributed by atoms with Gasteiger partial charge in [-0.15, -0.1) is 11.6 Å². The van der Waals surface area contributed by atoms with Crippen LogP contribution in [0.4, 0.5) is 0 Å². The zero-order valence-corrected chi connectivity index (χ0v) is 10.5. The second-order valence-corrected chi connectivity index (χ2v) is 4.48. The van der Waals surface area contributed by atoms with Gasteiger partial charge in [-0.1, -0.05) is 0 Å². The van der Waals surface area contributed by atoms with Crippen molar-refractivity contribution >= 4 is 11.6 Å². The molecular formula is C11H22ClNO2. The molecule has 0 N–H and O–H groups in total. The number of hydrogen-bond acceptors (Lipinski definition) is 3. The minimum absolute atomic E-state index is 0.324. The molecule has 0 aromatic rings. The van der Waals surface area contributed by atoms with E-state index in [1.807, 2.05) is 0 Å². The zero-order chi connectivity index (χ0) is 11.1. The fourth-order valence-electron chi connectivity index (χ4n) is 1.91. The number of hydrogen-bond donors (Lipinski definition) is 0. The maximum Gasteiger partial charge on any atom is 0.0670 e. The van der Waals surface area contributed by atoms with E-state index in [2.05, 4.69) is 11.8 Å². The molecule has 1 aliphatic rings. The van der Waals surface area contributed by atoms with Crippen LogP contribution in [0.2, 0.25) is 0 Å². The van der Waals surface area contributed by atoms with Crippen LogP contribution in [0.25, 0.3) is 0 Å². The molecule has 1 heterocycles. The van der Waals surface area contributed by atoms with Gasteiger partial charge >= 0.3 is 0 Å². The Morgan fingerprint density at radius 2 is 2.07 bits per heavy atom. The van der Waals surface area contributed by atoms with Gasteiger partial charge in [0, 0.05) is 32.6 Å². The first-order valence-electron chi connectivity index (χ1n) is 5.69. The Balaban J connectivity index is 2.12. The Bertz CT molecular complexity index is 161. The van der Waals surface area contributed by atoms with Crippen molar-refractivity contribution < 1.29 is 9.47 Å². The van der Waals surface area contributed by atoms with Crippen molar-refractivity contribution in [2.75, 3.05) is 39.2 Å². The van der Waals surface area contributed by atoms with Crippen molar-refractivity contribution in [3.8, 4) is 0 Å². The number of ether oxygens (including phenoxy) is 2. The molecule has 15 heavy (non-hydrogen) atoms. The molecule has 1 saturated heterocycles. The topological polar surface area (TPSA) is 21.7 Å². The molecule has 4 heteroatoms. The van der Waals surface area contributed by atoms with Crippen LogP contribution in [0.15, 0.2) is 0 Å². The van der Waals surface area contributed by atoms with Crippen LogP contribution in [-0.2, 0) is 9.47 Å². The van der Waals surface area contributed by atoms with Gasteiger partial charge in [0.2, 0.25) is 0 Å². The predicted molar refractivity (Wildman–Crippen MR) is 62.6 cm³/mol. The molecule has 1 atom stereocenters. The first-order valence-corrected chi connectivity index (χ1v) is 6.22. The van der Waals surface area contributed by atoms with Crippen LogP contribution < -0.4 is 0 Å². The smallest absolute Gasteiger partial charge is 0.0670 e. The molecule has 0 amide bonds. The minimum Gasteiger partial charge on any atom is -0.380 e. The van der Waals surface area contributed by atoms with E-state index in [0.29, 0.717) is 24.7 Å². The van der Waals surface area contributed by atoms with Crippen LogP contribution in [0.1, 0.15) is 19.8 Å². The summed E-state index contributed by atoms with van der Waals surface area (Å²) in [7, 11) is 1.76. The van der Waals surface area contributed by atoms with Crippen LogP contribution in [0, 0.1) is 0 Å². The third kappa shape index (κ3) is 5.16. The second kappa shape index (κ2) is 7.44. The van der Waals surface area contributed by atoms with E-state index in [9.17, 15) is 0 Å². The molecule has 1 rings (SSSR count). The van der Waals surface area contributed by atoms with Crippen molar-refractivity contribution in [3.05, 3.63) is 0 Å². The third-order valence-electron chi connectivity index (χ3n) is 2.88. The van der Waals surface area contributed by atoms with Gasteiger partial charge in [0.25, 0.3) is 0 Å². The highest BCUT2D eigenvalue weighted by Crippen LogP contribution is 2.14. The van der Waals surface area contributed by atoms with Crippen LogP contribution in [-0.4, -0.2) is 56.3 Å². The molecule has 1 fully saturated rings. The number of likely N-dealkylation sites (tertiary alicyclic amines) is 1. The summed E-state index contributed by atoms with van der Waals surface area (Å²) >= 11 is 5.59. The van der Waals surface area contributed by atoms with E-state index in [1.54, 1.807) is 7.11 Å². The van der Waals surface area contributed by atoms with Gasteiger partial charge in [0.15, 0.2) is 0 Å². The lowest BCUT2D eigenvalue weighted by atomic mass is 10.1. The van der Waals surface area contributed by atoms with Crippen molar-refractivity contribution in [2.24, 2.45) is 0 Å². The highest BCUT2D eigenvalue weighted by atomic mass is 35.5. The normalized spacial score (nSPS) is 21.8. The Kier molecular flexibility index (Phi) is 6.57. The summed E-state index contributed by atoms with van der Waals surface area (Å²) in [6, 6.07) is 0. The van der Waals surface area contributed by atoms with E-state index in [1.165, 1.54) is 0 Å². The molecule has 90 valence electrons. The first kappa shape index (κ1) is 13.2. The molecule has 0 spiro atoms. The monoisotopic (exact) mass is 235 g/mol.